The van der Waals surface area contributed by atoms with Crippen molar-refractivity contribution in [2.24, 2.45) is 0 Å². The number of sulfonamides is 1. The van der Waals surface area contributed by atoms with Gasteiger partial charge in [0, 0.05) is 19.3 Å². The Kier molecular flexibility index (Phi) is 3.84. The third kappa shape index (κ3) is 2.63. The SMILES string of the molecule is CC1=CCN(S(=O)(=O)c2cnn(CCO)c2)CC1. The molecule has 1 aromatic rings. The van der Waals surface area contributed by atoms with Gasteiger partial charge in [0.15, 0.2) is 0 Å². The van der Waals surface area contributed by atoms with Crippen LogP contribution in [0.2, 0.25) is 0 Å². The van der Waals surface area contributed by atoms with Crippen molar-refractivity contribution in [2.45, 2.75) is 24.8 Å². The minimum atomic E-state index is -3.46. The van der Waals surface area contributed by atoms with Gasteiger partial charge in [0.2, 0.25) is 10.0 Å². The molecule has 0 bridgehead atoms. The quantitative estimate of drug-likeness (QED) is 0.795. The van der Waals surface area contributed by atoms with Crippen molar-refractivity contribution in [3.8, 4) is 0 Å². The van der Waals surface area contributed by atoms with Crippen LogP contribution in [0.5, 0.6) is 0 Å². The first-order valence-corrected chi connectivity index (χ1v) is 7.27. The van der Waals surface area contributed by atoms with E-state index in [2.05, 4.69) is 5.10 Å². The van der Waals surface area contributed by atoms with Crippen LogP contribution in [0.1, 0.15) is 13.3 Å². The molecule has 6 nitrogen and oxygen atoms in total. The Labute approximate surface area is 107 Å². The first kappa shape index (κ1) is 13.3. The Bertz CT molecular complexity index is 548. The average Bonchev–Trinajstić information content (AvgIpc) is 2.79. The molecule has 1 aromatic heterocycles. The number of hydrogen-bond acceptors (Lipinski definition) is 4. The smallest absolute Gasteiger partial charge is 0.246 e. The monoisotopic (exact) mass is 271 g/mol. The molecule has 2 heterocycles. The Morgan fingerprint density at radius 3 is 2.89 bits per heavy atom. The van der Waals surface area contributed by atoms with Gasteiger partial charge in [-0.05, 0) is 13.3 Å². The number of aromatic nitrogens is 2. The lowest BCUT2D eigenvalue weighted by atomic mass is 10.1. The highest BCUT2D eigenvalue weighted by molar-refractivity contribution is 7.89. The molecule has 0 saturated heterocycles. The summed E-state index contributed by atoms with van der Waals surface area (Å²) >= 11 is 0. The second-order valence-corrected chi connectivity index (χ2v) is 6.26. The van der Waals surface area contributed by atoms with Crippen molar-refractivity contribution in [1.82, 2.24) is 14.1 Å². The van der Waals surface area contributed by atoms with Gasteiger partial charge in [-0.3, -0.25) is 4.68 Å². The zero-order valence-corrected chi connectivity index (χ0v) is 11.1. The zero-order valence-electron chi connectivity index (χ0n) is 10.3. The molecular weight excluding hydrogens is 254 g/mol. The molecule has 1 aliphatic rings. The highest BCUT2D eigenvalue weighted by atomic mass is 32.2. The van der Waals surface area contributed by atoms with E-state index in [1.165, 1.54) is 27.0 Å². The molecule has 0 fully saturated rings. The molecule has 0 amide bonds. The molecule has 0 aliphatic carbocycles. The maximum absolute atomic E-state index is 12.3. The standard InChI is InChI=1S/C11H17N3O3S/c1-10-2-4-14(5-3-10)18(16,17)11-8-12-13(9-11)6-7-15/h2,8-9,15H,3-7H2,1H3. The van der Waals surface area contributed by atoms with Gasteiger partial charge in [-0.1, -0.05) is 11.6 Å². The molecule has 1 aliphatic heterocycles. The van der Waals surface area contributed by atoms with Crippen molar-refractivity contribution < 1.29 is 13.5 Å². The zero-order chi connectivity index (χ0) is 13.2. The fourth-order valence-electron chi connectivity index (χ4n) is 1.82. The lowest BCUT2D eigenvalue weighted by Gasteiger charge is -2.23. The molecule has 0 spiro atoms. The second-order valence-electron chi connectivity index (χ2n) is 4.33. The van der Waals surface area contributed by atoms with Crippen LogP contribution in [0, 0.1) is 0 Å². The third-order valence-electron chi connectivity index (χ3n) is 2.98. The number of aliphatic hydroxyl groups excluding tert-OH is 1. The molecule has 1 N–H and O–H groups in total. The van der Waals surface area contributed by atoms with Crippen LogP contribution in [-0.4, -0.2) is 47.3 Å². The van der Waals surface area contributed by atoms with Gasteiger partial charge >= 0.3 is 0 Å². The van der Waals surface area contributed by atoms with Gasteiger partial charge in [-0.25, -0.2) is 8.42 Å². The molecule has 7 heteroatoms. The Morgan fingerprint density at radius 2 is 2.28 bits per heavy atom. The first-order valence-electron chi connectivity index (χ1n) is 5.83. The van der Waals surface area contributed by atoms with Crippen LogP contribution in [0.4, 0.5) is 0 Å². The van der Waals surface area contributed by atoms with E-state index in [1.807, 2.05) is 13.0 Å². The van der Waals surface area contributed by atoms with E-state index in [0.717, 1.165) is 6.42 Å². The van der Waals surface area contributed by atoms with Crippen molar-refractivity contribution >= 4 is 10.0 Å². The second kappa shape index (κ2) is 5.21. The van der Waals surface area contributed by atoms with Gasteiger partial charge in [0.05, 0.1) is 19.3 Å². The molecule has 2 rings (SSSR count). The van der Waals surface area contributed by atoms with Gasteiger partial charge in [0.25, 0.3) is 0 Å². The highest BCUT2D eigenvalue weighted by Gasteiger charge is 2.26. The van der Waals surface area contributed by atoms with Crippen molar-refractivity contribution in [1.29, 1.82) is 0 Å². The molecule has 0 aromatic carbocycles. The predicted molar refractivity (Wildman–Crippen MR) is 66.4 cm³/mol. The van der Waals surface area contributed by atoms with Crippen LogP contribution >= 0.6 is 0 Å². The average molecular weight is 271 g/mol. The summed E-state index contributed by atoms with van der Waals surface area (Å²) in [5, 5.41) is 12.7. The van der Waals surface area contributed by atoms with E-state index in [0.29, 0.717) is 19.6 Å². The Hall–Kier alpha value is -1.18. The van der Waals surface area contributed by atoms with E-state index < -0.39 is 10.0 Å². The van der Waals surface area contributed by atoms with Crippen LogP contribution in [0.3, 0.4) is 0 Å². The number of hydrogen-bond donors (Lipinski definition) is 1. The molecule has 0 radical (unpaired) electrons. The summed E-state index contributed by atoms with van der Waals surface area (Å²) in [6, 6.07) is 0. The molecule has 0 atom stereocenters. The predicted octanol–water partition coefficient (Wildman–Crippen LogP) is 0.216. The van der Waals surface area contributed by atoms with E-state index in [9.17, 15) is 8.42 Å². The Balaban J connectivity index is 2.19. The summed E-state index contributed by atoms with van der Waals surface area (Å²) in [5.74, 6) is 0. The minimum absolute atomic E-state index is 0.0627. The summed E-state index contributed by atoms with van der Waals surface area (Å²) in [7, 11) is -3.46. The molecule has 0 unspecified atom stereocenters. The fraction of sp³-hybridized carbons (Fsp3) is 0.545. The van der Waals surface area contributed by atoms with Crippen molar-refractivity contribution in [2.75, 3.05) is 19.7 Å². The van der Waals surface area contributed by atoms with Gasteiger partial charge in [-0.15, -0.1) is 0 Å². The molecule has 100 valence electrons. The largest absolute Gasteiger partial charge is 0.394 e. The van der Waals surface area contributed by atoms with Crippen LogP contribution in [0.25, 0.3) is 0 Å². The lowest BCUT2D eigenvalue weighted by molar-refractivity contribution is 0.269. The molecular formula is C11H17N3O3S. The van der Waals surface area contributed by atoms with E-state index in [-0.39, 0.29) is 11.5 Å². The number of nitrogens with zero attached hydrogens (tertiary/aromatic N) is 3. The van der Waals surface area contributed by atoms with Crippen LogP contribution < -0.4 is 0 Å². The highest BCUT2D eigenvalue weighted by Crippen LogP contribution is 2.19. The summed E-state index contributed by atoms with van der Waals surface area (Å²) in [4.78, 5) is 0.184. The van der Waals surface area contributed by atoms with Gasteiger partial charge in [0.1, 0.15) is 4.90 Å². The van der Waals surface area contributed by atoms with Gasteiger partial charge in [-0.2, -0.15) is 9.40 Å². The van der Waals surface area contributed by atoms with Crippen molar-refractivity contribution in [3.63, 3.8) is 0 Å². The normalized spacial score (nSPS) is 17.8. The lowest BCUT2D eigenvalue weighted by Crippen LogP contribution is -2.34. The maximum Gasteiger partial charge on any atom is 0.246 e. The minimum Gasteiger partial charge on any atom is -0.394 e. The fourth-order valence-corrected chi connectivity index (χ4v) is 3.16. The van der Waals surface area contributed by atoms with Gasteiger partial charge < -0.3 is 5.11 Å². The maximum atomic E-state index is 12.3. The summed E-state index contributed by atoms with van der Waals surface area (Å²) < 4.78 is 27.5. The number of aliphatic hydroxyl groups is 1. The van der Waals surface area contributed by atoms with E-state index in [1.54, 1.807) is 0 Å². The summed E-state index contributed by atoms with van der Waals surface area (Å²) in [6.45, 7) is 3.17. The summed E-state index contributed by atoms with van der Waals surface area (Å²) in [5.41, 5.74) is 1.22. The third-order valence-corrected chi connectivity index (χ3v) is 4.79. The Morgan fingerprint density at radius 1 is 1.50 bits per heavy atom. The van der Waals surface area contributed by atoms with E-state index in [4.69, 9.17) is 5.11 Å². The van der Waals surface area contributed by atoms with Crippen LogP contribution in [-0.2, 0) is 16.6 Å². The van der Waals surface area contributed by atoms with Crippen LogP contribution in [0.15, 0.2) is 28.9 Å². The first-order chi connectivity index (χ1) is 8.54. The topological polar surface area (TPSA) is 75.4 Å². The number of rotatable bonds is 4. The van der Waals surface area contributed by atoms with E-state index >= 15 is 0 Å². The van der Waals surface area contributed by atoms with Crippen molar-refractivity contribution in [3.05, 3.63) is 24.0 Å². The molecule has 0 saturated carbocycles. The molecule has 18 heavy (non-hydrogen) atoms. The summed E-state index contributed by atoms with van der Waals surface area (Å²) in [6.07, 6.45) is 5.48.